The lowest BCUT2D eigenvalue weighted by Gasteiger charge is -2.15. The van der Waals surface area contributed by atoms with Crippen molar-refractivity contribution in [1.29, 1.82) is 0 Å². The molecule has 37 heavy (non-hydrogen) atoms. The fraction of sp³-hybridized carbons (Fsp3) is 0.258. The Hall–Kier alpha value is -4.19. The monoisotopic (exact) mass is 499 g/mol. The SMILES string of the molecule is CCOc1c(/C(C)=C/C(=O)Nc2cc(C)cc(C)c2)cc2c(-c3ccc(OC)c(OC)c3)coc2c1C. The molecule has 1 N–H and O–H groups in total. The number of hydrogen-bond acceptors (Lipinski definition) is 5. The van der Waals surface area contributed by atoms with Crippen LogP contribution in [0.4, 0.5) is 5.69 Å². The van der Waals surface area contributed by atoms with Crippen molar-refractivity contribution in [3.8, 4) is 28.4 Å². The smallest absolute Gasteiger partial charge is 0.248 e. The number of hydrogen-bond donors (Lipinski definition) is 1. The summed E-state index contributed by atoms with van der Waals surface area (Å²) in [6, 6.07) is 13.8. The molecule has 0 aliphatic rings. The number of carbonyl (C=O) groups excluding carboxylic acids is 1. The maximum absolute atomic E-state index is 12.9. The second kappa shape index (κ2) is 10.8. The zero-order chi connectivity index (χ0) is 26.7. The quantitative estimate of drug-likeness (QED) is 0.254. The number of nitrogens with one attached hydrogen (secondary N) is 1. The summed E-state index contributed by atoms with van der Waals surface area (Å²) in [7, 11) is 3.23. The number of aryl methyl sites for hydroxylation is 3. The zero-order valence-corrected chi connectivity index (χ0v) is 22.4. The van der Waals surface area contributed by atoms with Crippen molar-refractivity contribution in [2.24, 2.45) is 0 Å². The lowest BCUT2D eigenvalue weighted by atomic mass is 9.96. The Morgan fingerprint density at radius 2 is 1.68 bits per heavy atom. The van der Waals surface area contributed by atoms with Crippen molar-refractivity contribution in [3.63, 3.8) is 0 Å². The molecule has 0 saturated heterocycles. The summed E-state index contributed by atoms with van der Waals surface area (Å²) >= 11 is 0. The van der Waals surface area contributed by atoms with Crippen LogP contribution in [0.5, 0.6) is 17.2 Å². The number of allylic oxidation sites excluding steroid dienone is 1. The van der Waals surface area contributed by atoms with Crippen molar-refractivity contribution in [1.82, 2.24) is 0 Å². The predicted molar refractivity (Wildman–Crippen MR) is 149 cm³/mol. The molecule has 0 bridgehead atoms. The minimum absolute atomic E-state index is 0.199. The number of amides is 1. The molecular formula is C31H33NO5. The van der Waals surface area contributed by atoms with E-state index in [0.717, 1.165) is 55.6 Å². The van der Waals surface area contributed by atoms with Gasteiger partial charge in [0.25, 0.3) is 0 Å². The van der Waals surface area contributed by atoms with Gasteiger partial charge in [-0.25, -0.2) is 0 Å². The van der Waals surface area contributed by atoms with Gasteiger partial charge in [-0.2, -0.15) is 0 Å². The first-order chi connectivity index (χ1) is 17.7. The summed E-state index contributed by atoms with van der Waals surface area (Å²) in [4.78, 5) is 12.9. The molecular weight excluding hydrogens is 466 g/mol. The van der Waals surface area contributed by atoms with E-state index in [2.05, 4.69) is 11.4 Å². The highest BCUT2D eigenvalue weighted by atomic mass is 16.5. The minimum atomic E-state index is -0.199. The van der Waals surface area contributed by atoms with E-state index in [9.17, 15) is 4.79 Å². The number of fused-ring (bicyclic) bond motifs is 1. The van der Waals surface area contributed by atoms with Crippen LogP contribution in [0, 0.1) is 20.8 Å². The van der Waals surface area contributed by atoms with Gasteiger partial charge >= 0.3 is 0 Å². The molecule has 0 aliphatic heterocycles. The van der Waals surface area contributed by atoms with Crippen molar-refractivity contribution >= 4 is 28.1 Å². The van der Waals surface area contributed by atoms with E-state index in [1.54, 1.807) is 26.6 Å². The first kappa shape index (κ1) is 25.9. The Morgan fingerprint density at radius 3 is 2.32 bits per heavy atom. The summed E-state index contributed by atoms with van der Waals surface area (Å²) in [5, 5.41) is 3.90. The summed E-state index contributed by atoms with van der Waals surface area (Å²) in [6.07, 6.45) is 3.35. The van der Waals surface area contributed by atoms with Gasteiger partial charge in [0.1, 0.15) is 11.3 Å². The first-order valence-corrected chi connectivity index (χ1v) is 12.2. The molecule has 6 nitrogen and oxygen atoms in total. The van der Waals surface area contributed by atoms with Crippen LogP contribution in [0.3, 0.4) is 0 Å². The van der Waals surface area contributed by atoms with Gasteiger partial charge in [-0.05, 0) is 87.2 Å². The molecule has 6 heteroatoms. The van der Waals surface area contributed by atoms with Crippen LogP contribution in [0.25, 0.3) is 27.7 Å². The van der Waals surface area contributed by atoms with E-state index in [0.29, 0.717) is 23.9 Å². The highest BCUT2D eigenvalue weighted by Crippen LogP contribution is 2.42. The van der Waals surface area contributed by atoms with Crippen LogP contribution >= 0.6 is 0 Å². The maximum atomic E-state index is 12.9. The molecule has 0 atom stereocenters. The summed E-state index contributed by atoms with van der Waals surface area (Å²) < 4.78 is 23.0. The third-order valence-electron chi connectivity index (χ3n) is 6.29. The van der Waals surface area contributed by atoms with Gasteiger partial charge in [0.05, 0.1) is 27.1 Å². The number of benzene rings is 3. The standard InChI is InChI=1S/C31H33NO5/c1-8-36-30-21(5)31-25(26(17-37-31)22-9-10-27(34-6)28(15-22)35-7)16-24(30)20(4)14-29(33)32-23-12-18(2)11-19(3)13-23/h9-17H,8H2,1-7H3,(H,32,33)/b20-14+. The normalized spacial score (nSPS) is 11.5. The van der Waals surface area contributed by atoms with Gasteiger partial charge in [0.2, 0.25) is 5.91 Å². The second-order valence-electron chi connectivity index (χ2n) is 9.10. The van der Waals surface area contributed by atoms with E-state index in [1.807, 2.05) is 71.0 Å². The highest BCUT2D eigenvalue weighted by Gasteiger charge is 2.20. The third kappa shape index (κ3) is 5.33. The molecule has 4 rings (SSSR count). The van der Waals surface area contributed by atoms with Gasteiger partial charge < -0.3 is 23.9 Å². The third-order valence-corrected chi connectivity index (χ3v) is 6.29. The number of rotatable bonds is 8. The Balaban J connectivity index is 1.79. The Bertz CT molecular complexity index is 1480. The average Bonchev–Trinajstić information content (AvgIpc) is 3.28. The molecule has 1 amide bonds. The van der Waals surface area contributed by atoms with Gasteiger partial charge in [0.15, 0.2) is 11.5 Å². The van der Waals surface area contributed by atoms with E-state index in [-0.39, 0.29) is 5.91 Å². The van der Waals surface area contributed by atoms with Crippen LogP contribution in [-0.4, -0.2) is 26.7 Å². The number of furan rings is 1. The Labute approximate surface area is 217 Å². The fourth-order valence-electron chi connectivity index (χ4n) is 4.67. The van der Waals surface area contributed by atoms with Crippen molar-refractivity contribution < 1.29 is 23.4 Å². The summed E-state index contributed by atoms with van der Waals surface area (Å²) in [5.41, 5.74) is 8.05. The van der Waals surface area contributed by atoms with Gasteiger partial charge in [-0.15, -0.1) is 0 Å². The molecule has 0 radical (unpaired) electrons. The second-order valence-corrected chi connectivity index (χ2v) is 9.10. The Morgan fingerprint density at radius 1 is 0.973 bits per heavy atom. The number of methoxy groups -OCH3 is 2. The van der Waals surface area contributed by atoms with Gasteiger partial charge in [-0.1, -0.05) is 12.1 Å². The molecule has 4 aromatic rings. The number of carbonyl (C=O) groups is 1. The zero-order valence-electron chi connectivity index (χ0n) is 22.4. The van der Waals surface area contributed by atoms with E-state index in [1.165, 1.54) is 0 Å². The maximum Gasteiger partial charge on any atom is 0.248 e. The summed E-state index contributed by atoms with van der Waals surface area (Å²) in [6.45, 7) is 10.3. The molecule has 0 spiro atoms. The largest absolute Gasteiger partial charge is 0.493 e. The molecule has 0 saturated carbocycles. The topological polar surface area (TPSA) is 69.9 Å². The predicted octanol–water partition coefficient (Wildman–Crippen LogP) is 7.48. The van der Waals surface area contributed by atoms with E-state index in [4.69, 9.17) is 18.6 Å². The molecule has 0 fully saturated rings. The molecule has 1 aromatic heterocycles. The Kier molecular flexibility index (Phi) is 7.58. The lowest BCUT2D eigenvalue weighted by Crippen LogP contribution is -2.09. The van der Waals surface area contributed by atoms with Crippen LogP contribution in [0.2, 0.25) is 0 Å². The van der Waals surface area contributed by atoms with Crippen LogP contribution < -0.4 is 19.5 Å². The van der Waals surface area contributed by atoms with Gasteiger partial charge in [0, 0.05) is 33.8 Å². The van der Waals surface area contributed by atoms with E-state index >= 15 is 0 Å². The molecule has 192 valence electrons. The number of anilines is 1. The van der Waals surface area contributed by atoms with Crippen LogP contribution in [0.1, 0.15) is 36.1 Å². The molecule has 0 aliphatic carbocycles. The average molecular weight is 500 g/mol. The first-order valence-electron chi connectivity index (χ1n) is 12.2. The summed E-state index contributed by atoms with van der Waals surface area (Å²) in [5.74, 6) is 1.80. The highest BCUT2D eigenvalue weighted by molar-refractivity contribution is 6.06. The van der Waals surface area contributed by atoms with Crippen molar-refractivity contribution in [3.05, 3.63) is 77.1 Å². The van der Waals surface area contributed by atoms with Crippen molar-refractivity contribution in [2.45, 2.75) is 34.6 Å². The molecule has 1 heterocycles. The van der Waals surface area contributed by atoms with E-state index < -0.39 is 0 Å². The van der Waals surface area contributed by atoms with Crippen molar-refractivity contribution in [2.75, 3.05) is 26.1 Å². The van der Waals surface area contributed by atoms with Gasteiger partial charge in [-0.3, -0.25) is 4.79 Å². The lowest BCUT2D eigenvalue weighted by molar-refractivity contribution is -0.111. The van der Waals surface area contributed by atoms with Crippen LogP contribution in [0.15, 0.2) is 59.2 Å². The number of ether oxygens (including phenoxy) is 3. The molecule has 0 unspecified atom stereocenters. The molecule has 3 aromatic carbocycles. The fourth-order valence-corrected chi connectivity index (χ4v) is 4.67. The van der Waals surface area contributed by atoms with Crippen LogP contribution in [-0.2, 0) is 4.79 Å². The minimum Gasteiger partial charge on any atom is -0.493 e.